The van der Waals surface area contributed by atoms with Crippen molar-refractivity contribution in [2.45, 2.75) is 26.2 Å². The molecule has 25 heavy (non-hydrogen) atoms. The van der Waals surface area contributed by atoms with Crippen LogP contribution in [0, 0.1) is 18.3 Å². The van der Waals surface area contributed by atoms with E-state index < -0.39 is 5.97 Å². The average molecular weight is 340 g/mol. The van der Waals surface area contributed by atoms with Crippen LogP contribution >= 0.6 is 0 Å². The van der Waals surface area contributed by atoms with Gasteiger partial charge in [0, 0.05) is 18.7 Å². The van der Waals surface area contributed by atoms with E-state index in [0.717, 1.165) is 24.8 Å². The Bertz CT molecular complexity index is 819. The number of hydrogen-bond acceptors (Lipinski definition) is 4. The number of rotatable bonds is 3. The number of aromatic nitrogens is 1. The molecule has 1 aliphatic carbocycles. The van der Waals surface area contributed by atoms with Crippen LogP contribution in [0.4, 0.5) is 0 Å². The predicted octanol–water partition coefficient (Wildman–Crippen LogP) is 2.98. The highest BCUT2D eigenvalue weighted by Crippen LogP contribution is 2.59. The maximum absolute atomic E-state index is 12.8. The number of aliphatic carboxylic acids is 1. The minimum absolute atomic E-state index is 0.0890. The van der Waals surface area contributed by atoms with Gasteiger partial charge in [-0.25, -0.2) is 4.98 Å². The summed E-state index contributed by atoms with van der Waals surface area (Å²) in [5.74, 6) is -0.377. The first-order valence-electron chi connectivity index (χ1n) is 8.55. The van der Waals surface area contributed by atoms with Crippen molar-refractivity contribution in [3.8, 4) is 11.5 Å². The molecule has 1 spiro atoms. The van der Waals surface area contributed by atoms with Gasteiger partial charge < -0.3 is 14.4 Å². The second kappa shape index (κ2) is 5.72. The highest BCUT2D eigenvalue weighted by atomic mass is 16.4. The summed E-state index contributed by atoms with van der Waals surface area (Å²) in [7, 11) is 0. The van der Waals surface area contributed by atoms with Crippen molar-refractivity contribution in [2.75, 3.05) is 13.1 Å². The van der Waals surface area contributed by atoms with Gasteiger partial charge in [0.15, 0.2) is 0 Å². The van der Waals surface area contributed by atoms with E-state index in [1.165, 1.54) is 0 Å². The van der Waals surface area contributed by atoms with Gasteiger partial charge in [-0.1, -0.05) is 18.2 Å². The molecule has 1 aliphatic heterocycles. The lowest BCUT2D eigenvalue weighted by atomic mass is 9.90. The molecule has 1 aromatic heterocycles. The number of carbonyl (C=O) groups excluding carboxylic acids is 1. The lowest BCUT2D eigenvalue weighted by molar-refractivity contribution is -0.139. The Morgan fingerprint density at radius 3 is 2.52 bits per heavy atom. The van der Waals surface area contributed by atoms with Gasteiger partial charge in [0.25, 0.3) is 5.91 Å². The number of hydrogen-bond donors (Lipinski definition) is 1. The summed E-state index contributed by atoms with van der Waals surface area (Å²) in [5.41, 5.74) is 1.33. The molecule has 1 unspecified atom stereocenters. The first-order valence-corrected chi connectivity index (χ1v) is 8.55. The molecule has 1 amide bonds. The summed E-state index contributed by atoms with van der Waals surface area (Å²) < 4.78 is 5.75. The molecule has 1 N–H and O–H groups in total. The Morgan fingerprint density at radius 1 is 1.24 bits per heavy atom. The van der Waals surface area contributed by atoms with Crippen molar-refractivity contribution < 1.29 is 19.1 Å². The number of benzene rings is 1. The molecule has 4 rings (SSSR count). The van der Waals surface area contributed by atoms with Gasteiger partial charge in [0.2, 0.25) is 11.7 Å². The van der Waals surface area contributed by atoms with E-state index in [2.05, 4.69) is 4.98 Å². The fourth-order valence-electron chi connectivity index (χ4n) is 3.85. The molecule has 0 radical (unpaired) electrons. The summed E-state index contributed by atoms with van der Waals surface area (Å²) in [4.78, 5) is 30.1. The maximum atomic E-state index is 12.8. The van der Waals surface area contributed by atoms with E-state index >= 15 is 0 Å². The molecule has 2 fully saturated rings. The minimum atomic E-state index is -0.710. The monoisotopic (exact) mass is 340 g/mol. The molecule has 1 saturated carbocycles. The van der Waals surface area contributed by atoms with E-state index in [1.54, 1.807) is 11.8 Å². The summed E-state index contributed by atoms with van der Waals surface area (Å²) in [5, 5.41) is 9.17. The molecule has 0 bridgehead atoms. The molecule has 6 nitrogen and oxygen atoms in total. The topological polar surface area (TPSA) is 83.6 Å². The summed E-state index contributed by atoms with van der Waals surface area (Å²) in [6.45, 7) is 2.92. The number of piperidine rings is 1. The Labute approximate surface area is 145 Å². The number of carboxylic acids is 1. The quantitative estimate of drug-likeness (QED) is 0.928. The normalized spacial score (nSPS) is 21.3. The number of amides is 1. The molecule has 2 heterocycles. The van der Waals surface area contributed by atoms with Gasteiger partial charge in [-0.3, -0.25) is 9.59 Å². The molecular weight excluding hydrogens is 320 g/mol. The van der Waals surface area contributed by atoms with Crippen molar-refractivity contribution in [3.05, 3.63) is 41.8 Å². The highest BCUT2D eigenvalue weighted by molar-refractivity contribution is 5.93. The SMILES string of the molecule is Cc1nc(-c2ccccc2)oc1C(=O)N1CCC2(CC1)CC2C(=O)O. The van der Waals surface area contributed by atoms with E-state index in [1.807, 2.05) is 30.3 Å². The first kappa shape index (κ1) is 15.9. The number of likely N-dealkylation sites (tertiary alicyclic amines) is 1. The second-order valence-electron chi connectivity index (χ2n) is 7.05. The average Bonchev–Trinajstić information content (AvgIpc) is 3.18. The van der Waals surface area contributed by atoms with E-state index in [-0.39, 0.29) is 23.0 Å². The fourth-order valence-corrected chi connectivity index (χ4v) is 3.85. The van der Waals surface area contributed by atoms with E-state index in [9.17, 15) is 9.59 Å². The van der Waals surface area contributed by atoms with Crippen LogP contribution < -0.4 is 0 Å². The van der Waals surface area contributed by atoms with Crippen molar-refractivity contribution in [1.29, 1.82) is 0 Å². The second-order valence-corrected chi connectivity index (χ2v) is 7.05. The number of oxazole rings is 1. The Hall–Kier alpha value is -2.63. The Kier molecular flexibility index (Phi) is 3.63. The largest absolute Gasteiger partial charge is 0.481 e. The van der Waals surface area contributed by atoms with Crippen molar-refractivity contribution in [2.24, 2.45) is 11.3 Å². The fraction of sp³-hybridized carbons (Fsp3) is 0.421. The lowest BCUT2D eigenvalue weighted by Gasteiger charge is -2.32. The highest BCUT2D eigenvalue weighted by Gasteiger charge is 2.59. The minimum Gasteiger partial charge on any atom is -0.481 e. The van der Waals surface area contributed by atoms with Crippen LogP contribution in [-0.2, 0) is 4.79 Å². The van der Waals surface area contributed by atoms with Crippen molar-refractivity contribution in [3.63, 3.8) is 0 Å². The molecule has 1 saturated heterocycles. The predicted molar refractivity (Wildman–Crippen MR) is 90.0 cm³/mol. The zero-order valence-corrected chi connectivity index (χ0v) is 14.1. The zero-order chi connectivity index (χ0) is 17.6. The van der Waals surface area contributed by atoms with Crippen molar-refractivity contribution in [1.82, 2.24) is 9.88 Å². The maximum Gasteiger partial charge on any atom is 0.307 e. The van der Waals surface area contributed by atoms with Gasteiger partial charge >= 0.3 is 5.97 Å². The van der Waals surface area contributed by atoms with Crippen LogP contribution in [0.2, 0.25) is 0 Å². The Morgan fingerprint density at radius 2 is 1.92 bits per heavy atom. The molecule has 2 aliphatic rings. The van der Waals surface area contributed by atoms with E-state index in [4.69, 9.17) is 9.52 Å². The van der Waals surface area contributed by atoms with Gasteiger partial charge in [-0.05, 0) is 43.7 Å². The zero-order valence-electron chi connectivity index (χ0n) is 14.1. The smallest absolute Gasteiger partial charge is 0.307 e. The Balaban J connectivity index is 1.47. The van der Waals surface area contributed by atoms with Crippen LogP contribution in [0.3, 0.4) is 0 Å². The number of carbonyl (C=O) groups is 2. The van der Waals surface area contributed by atoms with E-state index in [0.29, 0.717) is 24.7 Å². The van der Waals surface area contributed by atoms with Gasteiger partial charge in [-0.15, -0.1) is 0 Å². The standard InChI is InChI=1S/C19H20N2O4/c1-12-15(25-16(20-12)13-5-3-2-4-6-13)17(22)21-9-7-19(8-10-21)11-14(19)18(23)24/h2-6,14H,7-11H2,1H3,(H,23,24). The third kappa shape index (κ3) is 2.71. The third-order valence-corrected chi connectivity index (χ3v) is 5.55. The molecule has 1 atom stereocenters. The number of aryl methyl sites for hydroxylation is 1. The van der Waals surface area contributed by atoms with Crippen LogP contribution in [0.1, 0.15) is 35.5 Å². The molecule has 6 heteroatoms. The summed E-state index contributed by atoms with van der Waals surface area (Å²) in [6.07, 6.45) is 2.23. The third-order valence-electron chi connectivity index (χ3n) is 5.55. The summed E-state index contributed by atoms with van der Waals surface area (Å²) >= 11 is 0. The van der Waals surface area contributed by atoms with Gasteiger partial charge in [-0.2, -0.15) is 0 Å². The van der Waals surface area contributed by atoms with Crippen LogP contribution in [0.25, 0.3) is 11.5 Å². The number of nitrogens with zero attached hydrogens (tertiary/aromatic N) is 2. The van der Waals surface area contributed by atoms with Gasteiger partial charge in [0.1, 0.15) is 0 Å². The molecular formula is C19H20N2O4. The first-order chi connectivity index (χ1) is 12.0. The van der Waals surface area contributed by atoms with Crippen LogP contribution in [-0.4, -0.2) is 40.0 Å². The molecule has 1 aromatic carbocycles. The van der Waals surface area contributed by atoms with Gasteiger partial charge in [0.05, 0.1) is 11.6 Å². The van der Waals surface area contributed by atoms with Crippen LogP contribution in [0.5, 0.6) is 0 Å². The lowest BCUT2D eigenvalue weighted by Crippen LogP contribution is -2.40. The number of carboxylic acid groups (broad SMARTS) is 1. The summed E-state index contributed by atoms with van der Waals surface area (Å²) in [6, 6.07) is 9.49. The van der Waals surface area contributed by atoms with Crippen molar-refractivity contribution >= 4 is 11.9 Å². The molecule has 2 aromatic rings. The van der Waals surface area contributed by atoms with Crippen LogP contribution in [0.15, 0.2) is 34.7 Å². The molecule has 130 valence electrons.